The highest BCUT2D eigenvalue weighted by Gasteiger charge is 2.24. The van der Waals surface area contributed by atoms with Gasteiger partial charge in [0.15, 0.2) is 0 Å². The second-order valence-corrected chi connectivity index (χ2v) is 6.85. The van der Waals surface area contributed by atoms with E-state index >= 15 is 0 Å². The Labute approximate surface area is 161 Å². The lowest BCUT2D eigenvalue weighted by molar-refractivity contribution is 0.0741. The van der Waals surface area contributed by atoms with Crippen LogP contribution in [0, 0.1) is 13.8 Å². The van der Waals surface area contributed by atoms with Gasteiger partial charge in [0.2, 0.25) is 0 Å². The highest BCUT2D eigenvalue weighted by Crippen LogP contribution is 2.24. The van der Waals surface area contributed by atoms with Gasteiger partial charge in [-0.3, -0.25) is 9.78 Å². The third-order valence-electron chi connectivity index (χ3n) is 5.10. The van der Waals surface area contributed by atoms with Gasteiger partial charge in [-0.2, -0.15) is 0 Å². The molecule has 0 unspecified atom stereocenters. The maximum Gasteiger partial charge on any atom is 0.272 e. The first kappa shape index (κ1) is 19.2. The SMILES string of the molecule is COCCNc1ccnc(C(=O)N2CCN(c3cccc(C)c3C)CC2)c1. The Morgan fingerprint density at radius 3 is 2.70 bits per heavy atom. The topological polar surface area (TPSA) is 57.7 Å². The Morgan fingerprint density at radius 2 is 1.96 bits per heavy atom. The van der Waals surface area contributed by atoms with Crippen LogP contribution < -0.4 is 10.2 Å². The van der Waals surface area contributed by atoms with Gasteiger partial charge < -0.3 is 19.9 Å². The number of methoxy groups -OCH3 is 1. The fourth-order valence-corrected chi connectivity index (χ4v) is 3.35. The molecule has 1 aliphatic heterocycles. The van der Waals surface area contributed by atoms with E-state index in [0.717, 1.165) is 18.8 Å². The maximum atomic E-state index is 12.8. The van der Waals surface area contributed by atoms with Crippen molar-refractivity contribution < 1.29 is 9.53 Å². The summed E-state index contributed by atoms with van der Waals surface area (Å²) in [5.41, 5.74) is 5.25. The summed E-state index contributed by atoms with van der Waals surface area (Å²) < 4.78 is 5.04. The third-order valence-corrected chi connectivity index (χ3v) is 5.10. The molecule has 0 saturated carbocycles. The summed E-state index contributed by atoms with van der Waals surface area (Å²) in [6, 6.07) is 10.1. The quantitative estimate of drug-likeness (QED) is 0.795. The lowest BCUT2D eigenvalue weighted by Crippen LogP contribution is -2.49. The lowest BCUT2D eigenvalue weighted by Gasteiger charge is -2.37. The molecule has 6 nitrogen and oxygen atoms in total. The van der Waals surface area contributed by atoms with Crippen LogP contribution in [-0.4, -0.2) is 62.2 Å². The number of nitrogens with one attached hydrogen (secondary N) is 1. The van der Waals surface area contributed by atoms with Gasteiger partial charge in [-0.1, -0.05) is 12.1 Å². The molecule has 0 radical (unpaired) electrons. The van der Waals surface area contributed by atoms with Gasteiger partial charge in [0.05, 0.1) is 6.61 Å². The first-order valence-corrected chi connectivity index (χ1v) is 9.39. The van der Waals surface area contributed by atoms with Crippen LogP contribution in [0.1, 0.15) is 21.6 Å². The van der Waals surface area contributed by atoms with Crippen LogP contribution >= 0.6 is 0 Å². The number of benzene rings is 1. The van der Waals surface area contributed by atoms with E-state index in [1.807, 2.05) is 17.0 Å². The summed E-state index contributed by atoms with van der Waals surface area (Å²) in [6.45, 7) is 8.69. The van der Waals surface area contributed by atoms with E-state index in [-0.39, 0.29) is 5.91 Å². The minimum atomic E-state index is -0.00833. The minimum absolute atomic E-state index is 0.00833. The first-order valence-electron chi connectivity index (χ1n) is 9.39. The number of rotatable bonds is 6. The fraction of sp³-hybridized carbons (Fsp3) is 0.429. The molecular weight excluding hydrogens is 340 g/mol. The van der Waals surface area contributed by atoms with Crippen molar-refractivity contribution in [2.24, 2.45) is 0 Å². The van der Waals surface area contributed by atoms with E-state index < -0.39 is 0 Å². The van der Waals surface area contributed by atoms with Crippen LogP contribution in [-0.2, 0) is 4.74 Å². The third kappa shape index (κ3) is 4.57. The summed E-state index contributed by atoms with van der Waals surface area (Å²) in [6.07, 6.45) is 1.68. The van der Waals surface area contributed by atoms with Crippen LogP contribution in [0.4, 0.5) is 11.4 Å². The second kappa shape index (κ2) is 8.86. The average molecular weight is 368 g/mol. The normalized spacial score (nSPS) is 14.3. The fourth-order valence-electron chi connectivity index (χ4n) is 3.35. The van der Waals surface area contributed by atoms with Gasteiger partial charge in [-0.25, -0.2) is 0 Å². The van der Waals surface area contributed by atoms with Gasteiger partial charge in [0, 0.05) is 57.4 Å². The zero-order chi connectivity index (χ0) is 19.2. The van der Waals surface area contributed by atoms with Crippen molar-refractivity contribution in [3.8, 4) is 0 Å². The van der Waals surface area contributed by atoms with Crippen molar-refractivity contribution in [1.29, 1.82) is 0 Å². The number of aryl methyl sites for hydroxylation is 1. The Hall–Kier alpha value is -2.60. The molecule has 0 aliphatic carbocycles. The van der Waals surface area contributed by atoms with E-state index in [2.05, 4.69) is 47.2 Å². The van der Waals surface area contributed by atoms with Crippen LogP contribution in [0.3, 0.4) is 0 Å². The number of amides is 1. The Kier molecular flexibility index (Phi) is 6.29. The average Bonchev–Trinajstić information content (AvgIpc) is 2.70. The van der Waals surface area contributed by atoms with E-state index in [9.17, 15) is 4.79 Å². The first-order chi connectivity index (χ1) is 13.1. The van der Waals surface area contributed by atoms with Crippen molar-refractivity contribution in [3.05, 3.63) is 53.3 Å². The van der Waals surface area contributed by atoms with Crippen molar-refractivity contribution >= 4 is 17.3 Å². The van der Waals surface area contributed by atoms with Crippen LogP contribution in [0.5, 0.6) is 0 Å². The summed E-state index contributed by atoms with van der Waals surface area (Å²) in [5.74, 6) is -0.00833. The highest BCUT2D eigenvalue weighted by molar-refractivity contribution is 5.93. The molecule has 144 valence electrons. The molecule has 6 heteroatoms. The van der Waals surface area contributed by atoms with E-state index in [1.54, 1.807) is 13.3 Å². The lowest BCUT2D eigenvalue weighted by atomic mass is 10.1. The number of hydrogen-bond acceptors (Lipinski definition) is 5. The zero-order valence-electron chi connectivity index (χ0n) is 16.4. The van der Waals surface area contributed by atoms with Crippen LogP contribution in [0.15, 0.2) is 36.5 Å². The Morgan fingerprint density at radius 1 is 1.19 bits per heavy atom. The predicted molar refractivity (Wildman–Crippen MR) is 109 cm³/mol. The molecule has 1 aromatic carbocycles. The summed E-state index contributed by atoms with van der Waals surface area (Å²) in [5, 5.41) is 3.24. The summed E-state index contributed by atoms with van der Waals surface area (Å²) >= 11 is 0. The van der Waals surface area contributed by atoms with Crippen molar-refractivity contribution in [2.45, 2.75) is 13.8 Å². The summed E-state index contributed by atoms with van der Waals surface area (Å²) in [4.78, 5) is 21.4. The monoisotopic (exact) mass is 368 g/mol. The zero-order valence-corrected chi connectivity index (χ0v) is 16.4. The molecule has 0 atom stereocenters. The van der Waals surface area contributed by atoms with E-state index in [0.29, 0.717) is 31.9 Å². The molecule has 0 bridgehead atoms. The van der Waals surface area contributed by atoms with Crippen molar-refractivity contribution in [3.63, 3.8) is 0 Å². The standard InChI is InChI=1S/C21H28N4O2/c1-16-5-4-6-20(17(16)2)24-10-12-25(13-11-24)21(26)19-15-18(7-8-23-19)22-9-14-27-3/h4-8,15H,9-14H2,1-3H3,(H,22,23). The number of nitrogens with zero attached hydrogens (tertiary/aromatic N) is 3. The predicted octanol–water partition coefficient (Wildman–Crippen LogP) is 2.72. The van der Waals surface area contributed by atoms with Gasteiger partial charge in [-0.05, 0) is 43.2 Å². The molecule has 3 rings (SSSR count). The van der Waals surface area contributed by atoms with Gasteiger partial charge in [0.25, 0.3) is 5.91 Å². The summed E-state index contributed by atoms with van der Waals surface area (Å²) in [7, 11) is 1.67. The van der Waals surface area contributed by atoms with E-state index in [4.69, 9.17) is 4.74 Å². The molecule has 1 amide bonds. The molecule has 1 aliphatic rings. The number of ether oxygens (including phenoxy) is 1. The van der Waals surface area contributed by atoms with Gasteiger partial charge in [0.1, 0.15) is 5.69 Å². The second-order valence-electron chi connectivity index (χ2n) is 6.85. The molecular formula is C21H28N4O2. The largest absolute Gasteiger partial charge is 0.383 e. The van der Waals surface area contributed by atoms with Crippen LogP contribution in [0.2, 0.25) is 0 Å². The Balaban J connectivity index is 1.61. The Bertz CT molecular complexity index is 786. The number of pyridine rings is 1. The number of carbonyl (C=O) groups is 1. The molecule has 1 aromatic heterocycles. The number of aromatic nitrogens is 1. The number of carbonyl (C=O) groups excluding carboxylic acids is 1. The molecule has 1 saturated heterocycles. The maximum absolute atomic E-state index is 12.8. The number of hydrogen-bond donors (Lipinski definition) is 1. The molecule has 1 N–H and O–H groups in total. The van der Waals surface area contributed by atoms with Gasteiger partial charge in [-0.15, -0.1) is 0 Å². The van der Waals surface area contributed by atoms with E-state index in [1.165, 1.54) is 16.8 Å². The molecule has 0 spiro atoms. The van der Waals surface area contributed by atoms with Gasteiger partial charge >= 0.3 is 0 Å². The molecule has 1 fully saturated rings. The molecule has 27 heavy (non-hydrogen) atoms. The smallest absolute Gasteiger partial charge is 0.272 e. The van der Waals surface area contributed by atoms with Crippen molar-refractivity contribution in [2.75, 3.05) is 56.7 Å². The highest BCUT2D eigenvalue weighted by atomic mass is 16.5. The number of piperazine rings is 1. The molecule has 2 heterocycles. The number of anilines is 2. The molecule has 2 aromatic rings. The minimum Gasteiger partial charge on any atom is -0.383 e. The van der Waals surface area contributed by atoms with Crippen molar-refractivity contribution in [1.82, 2.24) is 9.88 Å². The van der Waals surface area contributed by atoms with Crippen LogP contribution in [0.25, 0.3) is 0 Å².